The van der Waals surface area contributed by atoms with E-state index >= 15 is 0 Å². The van der Waals surface area contributed by atoms with Crippen LogP contribution in [0.1, 0.15) is 20.7 Å². The van der Waals surface area contributed by atoms with Crippen LogP contribution in [0.25, 0.3) is 0 Å². The SMILES string of the molecule is O=Cc1cc(Br)cc(Br)c1OC(=O)c1ccccc1Cl. The van der Waals surface area contributed by atoms with Crippen LogP contribution < -0.4 is 4.74 Å². The maximum atomic E-state index is 12.1. The van der Waals surface area contributed by atoms with Gasteiger partial charge < -0.3 is 4.74 Å². The standard InChI is InChI=1S/C14H7Br2ClO3/c15-9-5-8(7-18)13(11(16)6-9)20-14(19)10-3-1-2-4-12(10)17/h1-7H. The molecule has 0 aliphatic heterocycles. The van der Waals surface area contributed by atoms with Gasteiger partial charge in [0.05, 0.1) is 20.6 Å². The monoisotopic (exact) mass is 416 g/mol. The van der Waals surface area contributed by atoms with Crippen molar-refractivity contribution >= 4 is 55.7 Å². The fourth-order valence-electron chi connectivity index (χ4n) is 1.55. The van der Waals surface area contributed by atoms with Gasteiger partial charge in [-0.1, -0.05) is 39.7 Å². The molecular formula is C14H7Br2ClO3. The molecule has 0 radical (unpaired) electrons. The predicted molar refractivity (Wildman–Crippen MR) is 83.6 cm³/mol. The molecule has 2 aromatic rings. The molecule has 2 rings (SSSR count). The molecule has 0 amide bonds. The lowest BCUT2D eigenvalue weighted by Gasteiger charge is -2.10. The molecule has 0 bridgehead atoms. The largest absolute Gasteiger partial charge is 0.421 e. The third kappa shape index (κ3) is 3.29. The molecule has 2 aromatic carbocycles. The minimum absolute atomic E-state index is 0.160. The van der Waals surface area contributed by atoms with Crippen LogP contribution in [0, 0.1) is 0 Å². The summed E-state index contributed by atoms with van der Waals surface area (Å²) >= 11 is 12.5. The maximum Gasteiger partial charge on any atom is 0.345 e. The van der Waals surface area contributed by atoms with Gasteiger partial charge in [0, 0.05) is 4.47 Å². The average Bonchev–Trinajstić information content (AvgIpc) is 2.41. The lowest BCUT2D eigenvalue weighted by molar-refractivity contribution is 0.0732. The third-order valence-electron chi connectivity index (χ3n) is 2.45. The van der Waals surface area contributed by atoms with Crippen LogP contribution in [0.4, 0.5) is 0 Å². The van der Waals surface area contributed by atoms with Gasteiger partial charge in [0.2, 0.25) is 0 Å². The second-order valence-electron chi connectivity index (χ2n) is 3.79. The second kappa shape index (κ2) is 6.52. The highest BCUT2D eigenvalue weighted by Gasteiger charge is 2.17. The van der Waals surface area contributed by atoms with Gasteiger partial charge in [0.25, 0.3) is 0 Å². The summed E-state index contributed by atoms with van der Waals surface area (Å²) in [4.78, 5) is 23.1. The van der Waals surface area contributed by atoms with Crippen molar-refractivity contribution in [3.05, 3.63) is 61.5 Å². The summed E-state index contributed by atoms with van der Waals surface area (Å²) in [6.45, 7) is 0. The van der Waals surface area contributed by atoms with Crippen LogP contribution in [-0.2, 0) is 0 Å². The molecule has 6 heteroatoms. The molecule has 0 aliphatic carbocycles. The van der Waals surface area contributed by atoms with E-state index in [4.69, 9.17) is 16.3 Å². The van der Waals surface area contributed by atoms with Crippen molar-refractivity contribution in [3.63, 3.8) is 0 Å². The van der Waals surface area contributed by atoms with Crippen LogP contribution in [0.15, 0.2) is 45.3 Å². The van der Waals surface area contributed by atoms with Gasteiger partial charge >= 0.3 is 5.97 Å². The molecule has 3 nitrogen and oxygen atoms in total. The Kier molecular flexibility index (Phi) is 4.96. The Balaban J connectivity index is 2.38. The van der Waals surface area contributed by atoms with Crippen LogP contribution in [-0.4, -0.2) is 12.3 Å². The first-order chi connectivity index (χ1) is 9.52. The van der Waals surface area contributed by atoms with Crippen LogP contribution in [0.5, 0.6) is 5.75 Å². The van der Waals surface area contributed by atoms with Gasteiger partial charge in [-0.05, 0) is 40.2 Å². The Hall–Kier alpha value is -1.17. The lowest BCUT2D eigenvalue weighted by atomic mass is 10.2. The second-order valence-corrected chi connectivity index (χ2v) is 5.97. The Bertz CT molecular complexity index is 686. The number of aldehydes is 1. The normalized spacial score (nSPS) is 10.2. The summed E-state index contributed by atoms with van der Waals surface area (Å²) in [6.07, 6.45) is 0.616. The first kappa shape index (κ1) is 15.2. The summed E-state index contributed by atoms with van der Waals surface area (Å²) in [5.41, 5.74) is 0.493. The first-order valence-corrected chi connectivity index (χ1v) is 7.40. The van der Waals surface area contributed by atoms with E-state index in [1.165, 1.54) is 0 Å². The van der Waals surface area contributed by atoms with Gasteiger partial charge in [-0.2, -0.15) is 0 Å². The third-order valence-corrected chi connectivity index (χ3v) is 3.83. The number of carbonyl (C=O) groups is 2. The minimum Gasteiger partial charge on any atom is -0.421 e. The molecule has 0 N–H and O–H groups in total. The molecular weight excluding hydrogens is 411 g/mol. The number of hydrogen-bond acceptors (Lipinski definition) is 3. The van der Waals surface area contributed by atoms with E-state index in [1.54, 1.807) is 36.4 Å². The predicted octanol–water partition coefficient (Wildman–Crippen LogP) is 4.90. The molecule has 0 spiro atoms. The van der Waals surface area contributed by atoms with E-state index in [0.29, 0.717) is 20.3 Å². The number of benzene rings is 2. The van der Waals surface area contributed by atoms with Crippen molar-refractivity contribution in [2.75, 3.05) is 0 Å². The molecule has 0 unspecified atom stereocenters. The Labute approximate surface area is 137 Å². The summed E-state index contributed by atoms with van der Waals surface area (Å²) in [5.74, 6) is -0.463. The highest BCUT2D eigenvalue weighted by atomic mass is 79.9. The quantitative estimate of drug-likeness (QED) is 0.405. The van der Waals surface area contributed by atoms with E-state index < -0.39 is 5.97 Å². The van der Waals surface area contributed by atoms with Crippen molar-refractivity contribution in [1.29, 1.82) is 0 Å². The van der Waals surface area contributed by atoms with E-state index in [9.17, 15) is 9.59 Å². The smallest absolute Gasteiger partial charge is 0.345 e. The van der Waals surface area contributed by atoms with Crippen molar-refractivity contribution in [3.8, 4) is 5.75 Å². The van der Waals surface area contributed by atoms with E-state index in [0.717, 1.165) is 0 Å². The zero-order chi connectivity index (χ0) is 14.7. The lowest BCUT2D eigenvalue weighted by Crippen LogP contribution is -2.11. The molecule has 0 fully saturated rings. The van der Waals surface area contributed by atoms with Crippen LogP contribution in [0.3, 0.4) is 0 Å². The molecule has 0 saturated heterocycles. The molecule has 102 valence electrons. The summed E-state index contributed by atoms with van der Waals surface area (Å²) in [7, 11) is 0. The highest BCUT2D eigenvalue weighted by Crippen LogP contribution is 2.33. The maximum absolute atomic E-state index is 12.1. The van der Waals surface area contributed by atoms with Crippen molar-refractivity contribution < 1.29 is 14.3 Å². The number of esters is 1. The zero-order valence-corrected chi connectivity index (χ0v) is 13.8. The van der Waals surface area contributed by atoms with Crippen molar-refractivity contribution in [2.24, 2.45) is 0 Å². The first-order valence-electron chi connectivity index (χ1n) is 5.44. The molecule has 0 aromatic heterocycles. The average molecular weight is 418 g/mol. The summed E-state index contributed by atoms with van der Waals surface area (Å²) in [5, 5.41) is 0.290. The van der Waals surface area contributed by atoms with Crippen LogP contribution in [0.2, 0.25) is 5.02 Å². The van der Waals surface area contributed by atoms with E-state index in [1.807, 2.05) is 0 Å². The van der Waals surface area contributed by atoms with E-state index in [-0.39, 0.29) is 16.9 Å². The molecule has 0 atom stereocenters. The number of carbonyl (C=O) groups excluding carboxylic acids is 2. The molecule has 0 heterocycles. The fourth-order valence-corrected chi connectivity index (χ4v) is 3.10. The summed E-state index contributed by atoms with van der Waals surface area (Å²) < 4.78 is 6.46. The fraction of sp³-hybridized carbons (Fsp3) is 0. The molecule has 0 aliphatic rings. The molecule has 20 heavy (non-hydrogen) atoms. The number of hydrogen-bond donors (Lipinski definition) is 0. The van der Waals surface area contributed by atoms with Gasteiger partial charge in [-0.25, -0.2) is 4.79 Å². The van der Waals surface area contributed by atoms with Gasteiger partial charge in [-0.15, -0.1) is 0 Å². The van der Waals surface area contributed by atoms with Gasteiger partial charge in [-0.3, -0.25) is 4.79 Å². The Morgan fingerprint density at radius 1 is 1.20 bits per heavy atom. The van der Waals surface area contributed by atoms with Gasteiger partial charge in [0.15, 0.2) is 12.0 Å². The Morgan fingerprint density at radius 3 is 2.55 bits per heavy atom. The van der Waals surface area contributed by atoms with E-state index in [2.05, 4.69) is 31.9 Å². The topological polar surface area (TPSA) is 43.4 Å². The number of halogens is 3. The number of rotatable bonds is 3. The molecule has 0 saturated carbocycles. The Morgan fingerprint density at radius 2 is 1.90 bits per heavy atom. The number of ether oxygens (including phenoxy) is 1. The van der Waals surface area contributed by atoms with Crippen molar-refractivity contribution in [2.45, 2.75) is 0 Å². The minimum atomic E-state index is -0.623. The van der Waals surface area contributed by atoms with Crippen LogP contribution >= 0.6 is 43.5 Å². The zero-order valence-electron chi connectivity index (χ0n) is 9.90. The van der Waals surface area contributed by atoms with Crippen molar-refractivity contribution in [1.82, 2.24) is 0 Å². The highest BCUT2D eigenvalue weighted by molar-refractivity contribution is 9.11. The summed E-state index contributed by atoms with van der Waals surface area (Å²) in [6, 6.07) is 9.79. The van der Waals surface area contributed by atoms with Gasteiger partial charge in [0.1, 0.15) is 0 Å².